The van der Waals surface area contributed by atoms with Crippen molar-refractivity contribution in [3.63, 3.8) is 0 Å². The molecule has 0 saturated carbocycles. The van der Waals surface area contributed by atoms with E-state index in [1.807, 2.05) is 30.3 Å². The molecule has 7 nitrogen and oxygen atoms in total. The molecule has 1 saturated heterocycles. The molecule has 1 amide bonds. The van der Waals surface area contributed by atoms with E-state index < -0.39 is 27.8 Å². The first-order valence-corrected chi connectivity index (χ1v) is 12.7. The van der Waals surface area contributed by atoms with Gasteiger partial charge in [0.15, 0.2) is 0 Å². The minimum atomic E-state index is -3.91. The largest absolute Gasteiger partial charge is 0.299 e. The Morgan fingerprint density at radius 2 is 1.94 bits per heavy atom. The Bertz CT molecular complexity index is 1150. The third kappa shape index (κ3) is 5.12. The number of halogens is 1. The fraction of sp³-hybridized carbons (Fsp3) is 0.250. The molecule has 0 bridgehead atoms. The summed E-state index contributed by atoms with van der Waals surface area (Å²) >= 11 is 2.51. The van der Waals surface area contributed by atoms with Gasteiger partial charge in [0.05, 0.1) is 4.90 Å². The molecule has 0 radical (unpaired) electrons. The summed E-state index contributed by atoms with van der Waals surface area (Å²) in [4.78, 5) is 17.1. The molecule has 1 N–H and O–H groups in total. The van der Waals surface area contributed by atoms with Gasteiger partial charge in [0.1, 0.15) is 11.9 Å². The quantitative estimate of drug-likeness (QED) is 0.520. The van der Waals surface area contributed by atoms with Crippen molar-refractivity contribution in [1.29, 1.82) is 0 Å². The summed E-state index contributed by atoms with van der Waals surface area (Å²) in [5.41, 5.74) is 1.14. The predicted octanol–water partition coefficient (Wildman–Crippen LogP) is 3.76. The highest BCUT2D eigenvalue weighted by molar-refractivity contribution is 7.98. The van der Waals surface area contributed by atoms with Crippen LogP contribution in [0.2, 0.25) is 0 Å². The zero-order chi connectivity index (χ0) is 21.8. The molecule has 1 aliphatic rings. The minimum Gasteiger partial charge on any atom is -0.299 e. The van der Waals surface area contributed by atoms with Crippen molar-refractivity contribution in [3.8, 4) is 0 Å². The van der Waals surface area contributed by atoms with Crippen LogP contribution in [0.4, 0.5) is 9.52 Å². The molecule has 2 aromatic carbocycles. The molecular formula is C20H19FN4O3S3. The van der Waals surface area contributed by atoms with Gasteiger partial charge in [-0.1, -0.05) is 42.1 Å². The van der Waals surface area contributed by atoms with Crippen LogP contribution in [0.25, 0.3) is 0 Å². The number of anilines is 1. The summed E-state index contributed by atoms with van der Waals surface area (Å²) in [5.74, 6) is -0.261. The summed E-state index contributed by atoms with van der Waals surface area (Å²) in [6.07, 6.45) is 0.966. The lowest BCUT2D eigenvalue weighted by Gasteiger charge is -2.22. The highest BCUT2D eigenvalue weighted by Crippen LogP contribution is 2.28. The number of hydrogen-bond donors (Lipinski definition) is 1. The van der Waals surface area contributed by atoms with Crippen LogP contribution in [-0.2, 0) is 20.6 Å². The van der Waals surface area contributed by atoms with Crippen LogP contribution in [0.1, 0.15) is 18.4 Å². The maximum atomic E-state index is 13.2. The van der Waals surface area contributed by atoms with E-state index in [1.165, 1.54) is 28.2 Å². The molecule has 3 aromatic rings. The molecule has 1 atom stereocenters. The lowest BCUT2D eigenvalue weighted by Crippen LogP contribution is -2.43. The lowest BCUT2D eigenvalue weighted by atomic mass is 10.2. The van der Waals surface area contributed by atoms with Crippen molar-refractivity contribution in [3.05, 3.63) is 66.0 Å². The van der Waals surface area contributed by atoms with Crippen LogP contribution < -0.4 is 5.32 Å². The van der Waals surface area contributed by atoms with E-state index >= 15 is 0 Å². The van der Waals surface area contributed by atoms with Gasteiger partial charge in [-0.2, -0.15) is 13.7 Å². The second kappa shape index (κ2) is 9.43. The van der Waals surface area contributed by atoms with E-state index in [9.17, 15) is 17.6 Å². The van der Waals surface area contributed by atoms with Crippen molar-refractivity contribution in [2.75, 3.05) is 11.9 Å². The molecule has 1 aliphatic heterocycles. The Morgan fingerprint density at radius 3 is 2.68 bits per heavy atom. The van der Waals surface area contributed by atoms with E-state index in [2.05, 4.69) is 14.7 Å². The first-order valence-electron chi connectivity index (χ1n) is 9.52. The molecule has 2 heterocycles. The van der Waals surface area contributed by atoms with Gasteiger partial charge in [-0.05, 0) is 42.7 Å². The van der Waals surface area contributed by atoms with Gasteiger partial charge in [-0.3, -0.25) is 10.1 Å². The summed E-state index contributed by atoms with van der Waals surface area (Å²) in [6.45, 7) is 0.228. The number of nitrogens with zero attached hydrogens (tertiary/aromatic N) is 3. The molecule has 0 aliphatic carbocycles. The summed E-state index contributed by atoms with van der Waals surface area (Å²) < 4.78 is 44.4. The molecule has 0 spiro atoms. The maximum Gasteiger partial charge on any atom is 0.244 e. The normalized spacial score (nSPS) is 17.0. The van der Waals surface area contributed by atoms with Gasteiger partial charge in [-0.15, -0.1) is 0 Å². The Morgan fingerprint density at radius 1 is 1.19 bits per heavy atom. The van der Waals surface area contributed by atoms with Gasteiger partial charge in [-0.25, -0.2) is 12.8 Å². The number of hydrogen-bond acceptors (Lipinski definition) is 7. The zero-order valence-electron chi connectivity index (χ0n) is 16.3. The smallest absolute Gasteiger partial charge is 0.244 e. The second-order valence-corrected chi connectivity index (χ2v) is 10.5. The molecule has 4 rings (SSSR count). The monoisotopic (exact) mass is 478 g/mol. The van der Waals surface area contributed by atoms with E-state index in [-0.39, 0.29) is 11.4 Å². The van der Waals surface area contributed by atoms with Crippen LogP contribution in [0.5, 0.6) is 0 Å². The van der Waals surface area contributed by atoms with Gasteiger partial charge >= 0.3 is 0 Å². The van der Waals surface area contributed by atoms with Crippen LogP contribution >= 0.6 is 23.3 Å². The first-order chi connectivity index (χ1) is 14.9. The lowest BCUT2D eigenvalue weighted by molar-refractivity contribution is -0.119. The predicted molar refractivity (Wildman–Crippen MR) is 118 cm³/mol. The number of carbonyl (C=O) groups excluding carboxylic acids is 1. The van der Waals surface area contributed by atoms with Gasteiger partial charge in [0, 0.05) is 23.8 Å². The average molecular weight is 479 g/mol. The molecule has 162 valence electrons. The first kappa shape index (κ1) is 21.9. The van der Waals surface area contributed by atoms with Gasteiger partial charge < -0.3 is 0 Å². The molecule has 1 unspecified atom stereocenters. The maximum absolute atomic E-state index is 13.2. The highest BCUT2D eigenvalue weighted by atomic mass is 32.2. The topological polar surface area (TPSA) is 92.3 Å². The number of thioether (sulfide) groups is 1. The standard InChI is InChI=1S/C20H19FN4O3S3/c21-15-8-10-16(11-9-15)31(27,28)25-12-4-7-17(25)18(26)22-19-23-20(24-30-19)29-13-14-5-2-1-3-6-14/h1-3,5-6,8-11,17H,4,7,12-13H2,(H,22,23,24,26). The minimum absolute atomic E-state index is 0.0379. The van der Waals surface area contributed by atoms with E-state index in [0.717, 1.165) is 29.2 Å². The number of nitrogens with one attached hydrogen (secondary N) is 1. The molecule has 31 heavy (non-hydrogen) atoms. The number of sulfonamides is 1. The van der Waals surface area contributed by atoms with Gasteiger partial charge in [0.25, 0.3) is 0 Å². The number of rotatable bonds is 7. The van der Waals surface area contributed by atoms with Crippen molar-refractivity contribution >= 4 is 44.4 Å². The Labute approximate surface area is 187 Å². The van der Waals surface area contributed by atoms with Crippen LogP contribution in [0, 0.1) is 5.82 Å². The van der Waals surface area contributed by atoms with Crippen LogP contribution in [-0.4, -0.2) is 40.6 Å². The Balaban J connectivity index is 1.41. The zero-order valence-corrected chi connectivity index (χ0v) is 18.7. The molecule has 1 fully saturated rings. The molecular weight excluding hydrogens is 459 g/mol. The van der Waals surface area contributed by atoms with Crippen molar-refractivity contribution < 1.29 is 17.6 Å². The fourth-order valence-electron chi connectivity index (χ4n) is 3.26. The number of amides is 1. The van der Waals surface area contributed by atoms with E-state index in [1.54, 1.807) is 0 Å². The third-order valence-corrected chi connectivity index (χ3v) is 8.36. The number of carbonyl (C=O) groups is 1. The SMILES string of the molecule is O=C(Nc1nc(SCc2ccccc2)ns1)C1CCCN1S(=O)(=O)c1ccc(F)cc1. The Kier molecular flexibility index (Phi) is 6.65. The van der Waals surface area contributed by atoms with E-state index in [0.29, 0.717) is 28.9 Å². The van der Waals surface area contributed by atoms with Crippen molar-refractivity contribution in [1.82, 2.24) is 13.7 Å². The average Bonchev–Trinajstić information content (AvgIpc) is 3.43. The number of benzene rings is 2. The van der Waals surface area contributed by atoms with Crippen LogP contribution in [0.15, 0.2) is 64.6 Å². The Hall–Kier alpha value is -2.34. The van der Waals surface area contributed by atoms with E-state index in [4.69, 9.17) is 0 Å². The molecule has 1 aromatic heterocycles. The third-order valence-electron chi connectivity index (χ3n) is 4.77. The summed E-state index contributed by atoms with van der Waals surface area (Å²) in [7, 11) is -3.91. The van der Waals surface area contributed by atoms with Crippen LogP contribution in [0.3, 0.4) is 0 Å². The van der Waals surface area contributed by atoms with Gasteiger partial charge in [0.2, 0.25) is 26.2 Å². The summed E-state index contributed by atoms with van der Waals surface area (Å²) in [5, 5.41) is 3.56. The second-order valence-electron chi connectivity index (χ2n) is 6.87. The van der Waals surface area contributed by atoms with Crippen molar-refractivity contribution in [2.24, 2.45) is 0 Å². The fourth-order valence-corrected chi connectivity index (χ4v) is 6.42. The summed E-state index contributed by atoms with van der Waals surface area (Å²) in [6, 6.07) is 13.6. The molecule has 11 heteroatoms. The highest BCUT2D eigenvalue weighted by Gasteiger charge is 2.39. The number of aromatic nitrogens is 2. The van der Waals surface area contributed by atoms with Crippen molar-refractivity contribution in [2.45, 2.75) is 34.7 Å².